The zero-order valence-corrected chi connectivity index (χ0v) is 12.9. The topological polar surface area (TPSA) is 76.0 Å². The van der Waals surface area contributed by atoms with Crippen LogP contribution in [0.4, 0.5) is 0 Å². The van der Waals surface area contributed by atoms with Crippen molar-refractivity contribution in [3.63, 3.8) is 0 Å². The molecule has 0 spiro atoms. The van der Waals surface area contributed by atoms with Crippen LogP contribution in [0.5, 0.6) is 0 Å². The molecule has 1 atom stereocenters. The monoisotopic (exact) mass is 309 g/mol. The number of H-pyrrole nitrogens is 1. The van der Waals surface area contributed by atoms with E-state index in [-0.39, 0.29) is 11.9 Å². The van der Waals surface area contributed by atoms with Gasteiger partial charge in [-0.3, -0.25) is 9.69 Å². The highest BCUT2D eigenvalue weighted by Crippen LogP contribution is 2.30. The van der Waals surface area contributed by atoms with Gasteiger partial charge in [-0.15, -0.1) is 0 Å². The van der Waals surface area contributed by atoms with Gasteiger partial charge in [-0.2, -0.15) is 5.26 Å². The quantitative estimate of drug-likeness (QED) is 0.927. The summed E-state index contributed by atoms with van der Waals surface area (Å²) in [4.78, 5) is 24.1. The fourth-order valence-corrected chi connectivity index (χ4v) is 3.42. The second kappa shape index (κ2) is 5.67. The molecule has 0 bridgehead atoms. The Balaban J connectivity index is 1.46. The Morgan fingerprint density at radius 1 is 1.43 bits per heavy atom. The standard InChI is InChI=1S/C17H19N5O/c18-9-14-11-21(6-7-22(14)13-3-4-13)16(23)8-12-10-20-17-15(12)2-1-5-19-17/h1-2,5,10,13-14H,3-4,6-8,11H2,(H,19,20). The van der Waals surface area contributed by atoms with E-state index in [0.717, 1.165) is 23.1 Å². The maximum absolute atomic E-state index is 12.6. The molecule has 23 heavy (non-hydrogen) atoms. The summed E-state index contributed by atoms with van der Waals surface area (Å²) in [5.41, 5.74) is 1.78. The Hall–Kier alpha value is -2.39. The number of fused-ring (bicyclic) bond motifs is 1. The predicted octanol–water partition coefficient (Wildman–Crippen LogP) is 1.30. The first-order chi connectivity index (χ1) is 11.3. The van der Waals surface area contributed by atoms with E-state index in [4.69, 9.17) is 0 Å². The molecule has 1 N–H and O–H groups in total. The highest BCUT2D eigenvalue weighted by Gasteiger charge is 2.38. The molecule has 1 amide bonds. The third-order valence-electron chi connectivity index (χ3n) is 4.82. The second-order valence-electron chi connectivity index (χ2n) is 6.34. The number of aromatic nitrogens is 2. The van der Waals surface area contributed by atoms with Crippen molar-refractivity contribution in [1.29, 1.82) is 5.26 Å². The van der Waals surface area contributed by atoms with Crippen molar-refractivity contribution < 1.29 is 4.79 Å². The number of nitriles is 1. The van der Waals surface area contributed by atoms with Crippen molar-refractivity contribution >= 4 is 16.9 Å². The minimum Gasteiger partial charge on any atom is -0.346 e. The third kappa shape index (κ3) is 2.68. The van der Waals surface area contributed by atoms with Crippen LogP contribution in [0.15, 0.2) is 24.5 Å². The number of carbonyl (C=O) groups excluding carboxylic acids is 1. The number of piperazine rings is 1. The SMILES string of the molecule is N#CC1CN(C(=O)Cc2c[nH]c3ncccc23)CCN1C1CC1. The number of hydrogen-bond donors (Lipinski definition) is 1. The molecule has 0 aromatic carbocycles. The van der Waals surface area contributed by atoms with E-state index in [1.54, 1.807) is 6.20 Å². The molecule has 2 aromatic heterocycles. The molecule has 6 heteroatoms. The molecule has 2 aromatic rings. The summed E-state index contributed by atoms with van der Waals surface area (Å²) in [5, 5.41) is 10.4. The highest BCUT2D eigenvalue weighted by atomic mass is 16.2. The molecule has 0 radical (unpaired) electrons. The van der Waals surface area contributed by atoms with Crippen LogP contribution in [0.1, 0.15) is 18.4 Å². The normalized spacial score (nSPS) is 22.2. The lowest BCUT2D eigenvalue weighted by molar-refractivity contribution is -0.133. The Bertz CT molecular complexity index is 773. The van der Waals surface area contributed by atoms with Crippen LogP contribution in [0.2, 0.25) is 0 Å². The largest absolute Gasteiger partial charge is 0.346 e. The fourth-order valence-electron chi connectivity index (χ4n) is 3.42. The van der Waals surface area contributed by atoms with Crippen molar-refractivity contribution in [2.75, 3.05) is 19.6 Å². The number of rotatable bonds is 3. The van der Waals surface area contributed by atoms with Crippen molar-refractivity contribution in [2.24, 2.45) is 0 Å². The molecular formula is C17H19N5O. The van der Waals surface area contributed by atoms with Crippen LogP contribution in [0, 0.1) is 11.3 Å². The van der Waals surface area contributed by atoms with Crippen molar-refractivity contribution in [3.05, 3.63) is 30.1 Å². The van der Waals surface area contributed by atoms with Crippen LogP contribution < -0.4 is 0 Å². The number of carbonyl (C=O) groups is 1. The average molecular weight is 309 g/mol. The van der Waals surface area contributed by atoms with E-state index in [1.807, 2.05) is 23.2 Å². The minimum absolute atomic E-state index is 0.0884. The van der Waals surface area contributed by atoms with Crippen LogP contribution in [-0.4, -0.2) is 57.4 Å². The van der Waals surface area contributed by atoms with E-state index >= 15 is 0 Å². The first-order valence-electron chi connectivity index (χ1n) is 8.10. The number of nitrogens with zero attached hydrogens (tertiary/aromatic N) is 4. The lowest BCUT2D eigenvalue weighted by Gasteiger charge is -2.38. The van der Waals surface area contributed by atoms with E-state index < -0.39 is 0 Å². The molecule has 1 saturated carbocycles. The summed E-state index contributed by atoms with van der Waals surface area (Å²) in [6, 6.07) is 6.62. The van der Waals surface area contributed by atoms with Gasteiger partial charge in [-0.1, -0.05) is 0 Å². The molecule has 1 aliphatic heterocycles. The van der Waals surface area contributed by atoms with Gasteiger partial charge in [0.1, 0.15) is 11.7 Å². The summed E-state index contributed by atoms with van der Waals surface area (Å²) in [5.74, 6) is 0.0884. The Morgan fingerprint density at radius 3 is 3.09 bits per heavy atom. The van der Waals surface area contributed by atoms with Crippen LogP contribution >= 0.6 is 0 Å². The number of pyridine rings is 1. The van der Waals surface area contributed by atoms with Crippen LogP contribution in [-0.2, 0) is 11.2 Å². The summed E-state index contributed by atoms with van der Waals surface area (Å²) >= 11 is 0. The van der Waals surface area contributed by atoms with Crippen molar-refractivity contribution in [2.45, 2.75) is 31.3 Å². The molecule has 118 valence electrons. The number of aromatic amines is 1. The molecule has 1 unspecified atom stereocenters. The minimum atomic E-state index is -0.162. The maximum Gasteiger partial charge on any atom is 0.227 e. The lowest BCUT2D eigenvalue weighted by atomic mass is 10.1. The van der Waals surface area contributed by atoms with Gasteiger partial charge in [0.25, 0.3) is 0 Å². The number of nitrogens with one attached hydrogen (secondary N) is 1. The summed E-state index contributed by atoms with van der Waals surface area (Å²) in [6.07, 6.45) is 6.33. The number of amides is 1. The fraction of sp³-hybridized carbons (Fsp3) is 0.471. The molecule has 4 rings (SSSR count). The Morgan fingerprint density at radius 2 is 2.30 bits per heavy atom. The van der Waals surface area contributed by atoms with Gasteiger partial charge < -0.3 is 9.88 Å². The average Bonchev–Trinajstić information content (AvgIpc) is 3.36. The third-order valence-corrected chi connectivity index (χ3v) is 4.82. The lowest BCUT2D eigenvalue weighted by Crippen LogP contribution is -2.55. The van der Waals surface area contributed by atoms with E-state index in [9.17, 15) is 10.1 Å². The molecule has 3 heterocycles. The van der Waals surface area contributed by atoms with Crippen LogP contribution in [0.3, 0.4) is 0 Å². The maximum atomic E-state index is 12.6. The molecule has 2 aliphatic rings. The van der Waals surface area contributed by atoms with Gasteiger partial charge in [0.15, 0.2) is 0 Å². The first-order valence-corrected chi connectivity index (χ1v) is 8.10. The smallest absolute Gasteiger partial charge is 0.227 e. The molecular weight excluding hydrogens is 290 g/mol. The van der Waals surface area contributed by atoms with E-state index in [1.165, 1.54) is 12.8 Å². The molecule has 2 fully saturated rings. The number of hydrogen-bond acceptors (Lipinski definition) is 4. The van der Waals surface area contributed by atoms with Gasteiger partial charge in [0.05, 0.1) is 12.5 Å². The zero-order valence-electron chi connectivity index (χ0n) is 12.9. The molecule has 6 nitrogen and oxygen atoms in total. The van der Waals surface area contributed by atoms with Gasteiger partial charge in [0.2, 0.25) is 5.91 Å². The van der Waals surface area contributed by atoms with E-state index in [2.05, 4.69) is 20.9 Å². The highest BCUT2D eigenvalue weighted by molar-refractivity contribution is 5.87. The zero-order chi connectivity index (χ0) is 15.8. The van der Waals surface area contributed by atoms with Gasteiger partial charge >= 0.3 is 0 Å². The summed E-state index contributed by atoms with van der Waals surface area (Å²) < 4.78 is 0. The molecule has 1 aliphatic carbocycles. The Kier molecular flexibility index (Phi) is 3.50. The van der Waals surface area contributed by atoms with Gasteiger partial charge in [-0.05, 0) is 30.5 Å². The van der Waals surface area contributed by atoms with E-state index in [0.29, 0.717) is 25.6 Å². The Labute approximate surface area is 134 Å². The van der Waals surface area contributed by atoms with Crippen molar-refractivity contribution in [1.82, 2.24) is 19.8 Å². The molecule has 1 saturated heterocycles. The first kappa shape index (κ1) is 14.2. The van der Waals surface area contributed by atoms with Gasteiger partial charge in [0, 0.05) is 43.5 Å². The van der Waals surface area contributed by atoms with Crippen molar-refractivity contribution in [3.8, 4) is 6.07 Å². The second-order valence-corrected chi connectivity index (χ2v) is 6.34. The summed E-state index contributed by atoms with van der Waals surface area (Å²) in [7, 11) is 0. The predicted molar refractivity (Wildman–Crippen MR) is 85.5 cm³/mol. The summed E-state index contributed by atoms with van der Waals surface area (Å²) in [6.45, 7) is 2.05. The van der Waals surface area contributed by atoms with Crippen LogP contribution in [0.25, 0.3) is 11.0 Å². The van der Waals surface area contributed by atoms with Gasteiger partial charge in [-0.25, -0.2) is 4.98 Å².